The maximum Gasteiger partial charge on any atom is 0.263 e. The number of benzene rings is 2. The van der Waals surface area contributed by atoms with E-state index in [1.165, 1.54) is 23.5 Å². The molecule has 0 unspecified atom stereocenters. The van der Waals surface area contributed by atoms with E-state index in [9.17, 15) is 13.6 Å². The number of nitrogens with one attached hydrogen (secondary N) is 2. The lowest BCUT2D eigenvalue weighted by Crippen LogP contribution is -2.43. The average Bonchev–Trinajstić information content (AvgIpc) is 3.04. The number of hydrogen-bond acceptors (Lipinski definition) is 5. The van der Waals surface area contributed by atoms with Crippen molar-refractivity contribution >= 4 is 38.3 Å². The van der Waals surface area contributed by atoms with Crippen molar-refractivity contribution in [1.29, 1.82) is 0 Å². The largest absolute Gasteiger partial charge is 0.369 e. The maximum atomic E-state index is 14.5. The number of carbonyl (C=O) groups is 1. The highest BCUT2D eigenvalue weighted by Crippen LogP contribution is 2.27. The summed E-state index contributed by atoms with van der Waals surface area (Å²) in [5.74, 6) is -2.60. The van der Waals surface area contributed by atoms with Gasteiger partial charge in [0.2, 0.25) is 0 Å². The van der Waals surface area contributed by atoms with Crippen LogP contribution in [-0.4, -0.2) is 37.1 Å². The minimum absolute atomic E-state index is 0.307. The van der Waals surface area contributed by atoms with Crippen LogP contribution >= 0.6 is 11.3 Å². The van der Waals surface area contributed by atoms with Gasteiger partial charge < -0.3 is 10.2 Å². The molecule has 1 amide bonds. The van der Waals surface area contributed by atoms with Gasteiger partial charge in [0.1, 0.15) is 17.2 Å². The molecule has 0 saturated carbocycles. The second-order valence-corrected chi connectivity index (χ2v) is 6.99. The Bertz CT molecular complexity index is 913. The van der Waals surface area contributed by atoms with E-state index in [4.69, 9.17) is 0 Å². The van der Waals surface area contributed by atoms with E-state index >= 15 is 0 Å². The number of nitrogens with zero attached hydrogens (tertiary/aromatic N) is 2. The first-order valence-corrected chi connectivity index (χ1v) is 9.05. The summed E-state index contributed by atoms with van der Waals surface area (Å²) in [5.41, 5.74) is 0.573. The molecule has 2 aromatic carbocycles. The summed E-state index contributed by atoms with van der Waals surface area (Å²) < 4.78 is 29.8. The van der Waals surface area contributed by atoms with Crippen molar-refractivity contribution in [3.63, 3.8) is 0 Å². The second-order valence-electron chi connectivity index (χ2n) is 5.96. The van der Waals surface area contributed by atoms with E-state index in [1.54, 1.807) is 0 Å². The number of amides is 1. The summed E-state index contributed by atoms with van der Waals surface area (Å²) in [5, 5.41) is 5.98. The van der Waals surface area contributed by atoms with E-state index in [0.717, 1.165) is 23.3 Å². The molecule has 1 fully saturated rings. The van der Waals surface area contributed by atoms with Crippen molar-refractivity contribution in [2.24, 2.45) is 0 Å². The van der Waals surface area contributed by atoms with Crippen LogP contribution in [0.5, 0.6) is 0 Å². The van der Waals surface area contributed by atoms with Gasteiger partial charge in [0, 0.05) is 31.9 Å². The third-order valence-corrected chi connectivity index (χ3v) is 5.20. The van der Waals surface area contributed by atoms with Crippen LogP contribution in [0, 0.1) is 11.6 Å². The molecule has 5 nitrogen and oxygen atoms in total. The van der Waals surface area contributed by atoms with E-state index in [1.807, 2.05) is 29.2 Å². The number of halogens is 2. The number of hydrogen-bond donors (Lipinski definition) is 2. The SMILES string of the molecule is O=C(Nc1nc2ccccc2s1)c1c(F)cc(N2CCNCC2)cc1F. The molecule has 1 aliphatic heterocycles. The van der Waals surface area contributed by atoms with Crippen LogP contribution in [-0.2, 0) is 0 Å². The van der Waals surface area contributed by atoms with Crippen molar-refractivity contribution in [1.82, 2.24) is 10.3 Å². The fraction of sp³-hybridized carbons (Fsp3) is 0.222. The summed E-state index contributed by atoms with van der Waals surface area (Å²) in [6, 6.07) is 9.79. The maximum absolute atomic E-state index is 14.5. The van der Waals surface area contributed by atoms with Crippen molar-refractivity contribution in [3.8, 4) is 0 Å². The van der Waals surface area contributed by atoms with Crippen LogP contribution in [0.3, 0.4) is 0 Å². The van der Waals surface area contributed by atoms with Gasteiger partial charge >= 0.3 is 0 Å². The Kier molecular flexibility index (Phi) is 4.52. The molecule has 3 aromatic rings. The smallest absolute Gasteiger partial charge is 0.263 e. The van der Waals surface area contributed by atoms with E-state index in [0.29, 0.717) is 23.9 Å². The number of anilines is 2. The first kappa shape index (κ1) is 16.9. The Hall–Kier alpha value is -2.58. The lowest BCUT2D eigenvalue weighted by molar-refractivity contribution is 0.101. The van der Waals surface area contributed by atoms with Crippen molar-refractivity contribution in [3.05, 3.63) is 53.6 Å². The third kappa shape index (κ3) is 3.25. The summed E-state index contributed by atoms with van der Waals surface area (Å²) in [6.45, 7) is 2.83. The second kappa shape index (κ2) is 6.97. The number of para-hydroxylation sites is 1. The van der Waals surface area contributed by atoms with Gasteiger partial charge in [0.05, 0.1) is 10.2 Å². The quantitative estimate of drug-likeness (QED) is 0.739. The highest BCUT2D eigenvalue weighted by atomic mass is 32.1. The molecule has 0 spiro atoms. The molecule has 2 heterocycles. The van der Waals surface area contributed by atoms with Crippen molar-refractivity contribution < 1.29 is 13.6 Å². The van der Waals surface area contributed by atoms with Gasteiger partial charge in [0.25, 0.3) is 5.91 Å². The van der Waals surface area contributed by atoms with E-state index in [-0.39, 0.29) is 0 Å². The minimum atomic E-state index is -0.878. The van der Waals surface area contributed by atoms with Gasteiger partial charge in [-0.3, -0.25) is 10.1 Å². The fourth-order valence-corrected chi connectivity index (χ4v) is 3.83. The molecule has 8 heteroatoms. The predicted octanol–water partition coefficient (Wildman–Crippen LogP) is 3.24. The van der Waals surface area contributed by atoms with Crippen molar-refractivity contribution in [2.45, 2.75) is 0 Å². The highest BCUT2D eigenvalue weighted by molar-refractivity contribution is 7.22. The number of fused-ring (bicyclic) bond motifs is 1. The number of piperazine rings is 1. The van der Waals surface area contributed by atoms with Gasteiger partial charge in [-0.15, -0.1) is 0 Å². The van der Waals surface area contributed by atoms with Gasteiger partial charge in [-0.05, 0) is 24.3 Å². The first-order chi connectivity index (χ1) is 12.6. The van der Waals surface area contributed by atoms with Gasteiger partial charge in [0.15, 0.2) is 5.13 Å². The monoisotopic (exact) mass is 374 g/mol. The number of aromatic nitrogens is 1. The Morgan fingerprint density at radius 2 is 1.85 bits per heavy atom. The zero-order valence-electron chi connectivity index (χ0n) is 13.8. The van der Waals surface area contributed by atoms with E-state index < -0.39 is 23.1 Å². The van der Waals surface area contributed by atoms with Crippen LogP contribution in [0.4, 0.5) is 19.6 Å². The van der Waals surface area contributed by atoms with Gasteiger partial charge in [-0.25, -0.2) is 13.8 Å². The Morgan fingerprint density at radius 1 is 1.15 bits per heavy atom. The summed E-state index contributed by atoms with van der Waals surface area (Å²) in [7, 11) is 0. The van der Waals surface area contributed by atoms with Gasteiger partial charge in [-0.2, -0.15) is 0 Å². The van der Waals surface area contributed by atoms with Crippen LogP contribution in [0.15, 0.2) is 36.4 Å². The van der Waals surface area contributed by atoms with Crippen molar-refractivity contribution in [2.75, 3.05) is 36.4 Å². The Balaban J connectivity index is 1.58. The van der Waals surface area contributed by atoms with Crippen LogP contribution in [0.25, 0.3) is 10.2 Å². The molecule has 0 bridgehead atoms. The minimum Gasteiger partial charge on any atom is -0.369 e. The number of rotatable bonds is 3. The standard InChI is InChI=1S/C18H16F2N4OS/c19-12-9-11(24-7-5-21-6-8-24)10-13(20)16(12)17(25)23-18-22-14-3-1-2-4-15(14)26-18/h1-4,9-10,21H,5-8H2,(H,22,23,25). The summed E-state index contributed by atoms with van der Waals surface area (Å²) >= 11 is 1.25. The predicted molar refractivity (Wildman–Crippen MR) is 99.0 cm³/mol. The zero-order chi connectivity index (χ0) is 18.1. The van der Waals surface area contributed by atoms with E-state index in [2.05, 4.69) is 15.6 Å². The molecular weight excluding hydrogens is 358 g/mol. The molecule has 2 N–H and O–H groups in total. The molecule has 0 atom stereocenters. The zero-order valence-corrected chi connectivity index (χ0v) is 14.6. The molecular formula is C18H16F2N4OS. The molecule has 1 aliphatic rings. The lowest BCUT2D eigenvalue weighted by atomic mass is 10.1. The van der Waals surface area contributed by atoms with Gasteiger partial charge in [-0.1, -0.05) is 23.5 Å². The molecule has 26 heavy (non-hydrogen) atoms. The lowest BCUT2D eigenvalue weighted by Gasteiger charge is -2.29. The molecule has 0 aliphatic carbocycles. The van der Waals surface area contributed by atoms with Crippen LogP contribution in [0.2, 0.25) is 0 Å². The topological polar surface area (TPSA) is 57.3 Å². The normalized spacial score (nSPS) is 14.6. The first-order valence-electron chi connectivity index (χ1n) is 8.23. The van der Waals surface area contributed by atoms with Crippen LogP contribution < -0.4 is 15.5 Å². The molecule has 1 aromatic heterocycles. The summed E-state index contributed by atoms with van der Waals surface area (Å²) in [4.78, 5) is 18.5. The Labute approximate surface area is 152 Å². The number of carbonyl (C=O) groups excluding carboxylic acids is 1. The highest BCUT2D eigenvalue weighted by Gasteiger charge is 2.22. The number of thiazole rings is 1. The summed E-state index contributed by atoms with van der Waals surface area (Å²) in [6.07, 6.45) is 0. The molecule has 0 radical (unpaired) electrons. The molecule has 134 valence electrons. The molecule has 4 rings (SSSR count). The average molecular weight is 374 g/mol. The fourth-order valence-electron chi connectivity index (χ4n) is 2.97. The third-order valence-electron chi connectivity index (χ3n) is 4.25. The van der Waals surface area contributed by atoms with Crippen LogP contribution in [0.1, 0.15) is 10.4 Å². The molecule has 1 saturated heterocycles. The Morgan fingerprint density at radius 3 is 2.54 bits per heavy atom.